The van der Waals surface area contributed by atoms with Crippen molar-refractivity contribution in [3.63, 3.8) is 0 Å². The number of aryl methyl sites for hydroxylation is 1. The average Bonchev–Trinajstić information content (AvgIpc) is 2.38. The highest BCUT2D eigenvalue weighted by Crippen LogP contribution is 2.23. The fourth-order valence-electron chi connectivity index (χ4n) is 1.70. The van der Waals surface area contributed by atoms with E-state index in [1.165, 1.54) is 0 Å². The van der Waals surface area contributed by atoms with Gasteiger partial charge in [-0.2, -0.15) is 0 Å². The van der Waals surface area contributed by atoms with E-state index in [9.17, 15) is 5.11 Å². The number of nitrogens with zero attached hydrogens (tertiary/aromatic N) is 2. The predicted octanol–water partition coefficient (Wildman–Crippen LogP) is 2.90. The van der Waals surface area contributed by atoms with Crippen LogP contribution in [-0.2, 0) is 0 Å². The Bertz CT molecular complexity index is 555. The van der Waals surface area contributed by atoms with E-state index >= 15 is 0 Å². The Hall–Kier alpha value is -1.65. The van der Waals surface area contributed by atoms with Crippen LogP contribution in [0, 0.1) is 6.92 Å². The molecule has 0 saturated heterocycles. The molecule has 1 heterocycles. The van der Waals surface area contributed by atoms with Crippen molar-refractivity contribution in [3.05, 3.63) is 41.2 Å². The summed E-state index contributed by atoms with van der Waals surface area (Å²) < 4.78 is 0. The first kappa shape index (κ1) is 13.8. The minimum atomic E-state index is -0.431. The lowest BCUT2D eigenvalue weighted by Gasteiger charge is -2.10. The van der Waals surface area contributed by atoms with Gasteiger partial charge in [-0.3, -0.25) is 0 Å². The lowest BCUT2D eigenvalue weighted by Crippen LogP contribution is -2.17. The van der Waals surface area contributed by atoms with Crippen LogP contribution in [0.15, 0.2) is 30.5 Å². The van der Waals surface area contributed by atoms with Gasteiger partial charge < -0.3 is 10.4 Å². The van der Waals surface area contributed by atoms with E-state index in [1.54, 1.807) is 13.1 Å². The molecule has 0 amide bonds. The number of nitrogens with one attached hydrogen (secondary N) is 1. The number of aromatic nitrogens is 2. The first-order chi connectivity index (χ1) is 9.06. The highest BCUT2D eigenvalue weighted by atomic mass is 35.5. The second-order valence-corrected chi connectivity index (χ2v) is 4.87. The monoisotopic (exact) mass is 277 g/mol. The minimum absolute atomic E-state index is 0.430. The molecule has 0 saturated carbocycles. The summed E-state index contributed by atoms with van der Waals surface area (Å²) >= 11 is 5.87. The number of hydrogen-bond donors (Lipinski definition) is 2. The van der Waals surface area contributed by atoms with Crippen LogP contribution in [0.25, 0.3) is 11.1 Å². The van der Waals surface area contributed by atoms with Crippen LogP contribution in [0.5, 0.6) is 0 Å². The smallest absolute Gasteiger partial charge is 0.222 e. The summed E-state index contributed by atoms with van der Waals surface area (Å²) in [5, 5.41) is 12.9. The lowest BCUT2D eigenvalue weighted by atomic mass is 10.1. The zero-order valence-electron chi connectivity index (χ0n) is 10.9. The Morgan fingerprint density at radius 2 is 2.00 bits per heavy atom. The van der Waals surface area contributed by atoms with Gasteiger partial charge in [-0.1, -0.05) is 23.7 Å². The van der Waals surface area contributed by atoms with Crippen LogP contribution in [0.2, 0.25) is 5.02 Å². The van der Waals surface area contributed by atoms with Crippen LogP contribution < -0.4 is 5.32 Å². The Balaban J connectivity index is 2.21. The molecule has 5 heteroatoms. The first-order valence-electron chi connectivity index (χ1n) is 6.08. The molecule has 0 radical (unpaired) electrons. The predicted molar refractivity (Wildman–Crippen MR) is 77.4 cm³/mol. The lowest BCUT2D eigenvalue weighted by molar-refractivity contribution is 0.208. The van der Waals surface area contributed by atoms with Crippen molar-refractivity contribution >= 4 is 17.5 Å². The van der Waals surface area contributed by atoms with E-state index in [-0.39, 0.29) is 0 Å². The third-order valence-electron chi connectivity index (χ3n) is 2.69. The maximum absolute atomic E-state index is 9.21. The zero-order valence-corrected chi connectivity index (χ0v) is 11.6. The van der Waals surface area contributed by atoms with Crippen LogP contribution >= 0.6 is 11.6 Å². The molecule has 4 nitrogen and oxygen atoms in total. The summed E-state index contributed by atoms with van der Waals surface area (Å²) in [6.07, 6.45) is 1.34. The normalized spacial score (nSPS) is 12.2. The maximum Gasteiger partial charge on any atom is 0.222 e. The van der Waals surface area contributed by atoms with Gasteiger partial charge >= 0.3 is 0 Å². The number of benzene rings is 1. The van der Waals surface area contributed by atoms with Gasteiger partial charge in [-0.05, 0) is 31.5 Å². The average molecular weight is 278 g/mol. The molecular weight excluding hydrogens is 262 g/mol. The molecule has 0 fully saturated rings. The first-order valence-corrected chi connectivity index (χ1v) is 6.45. The molecule has 2 aromatic rings. The summed E-state index contributed by atoms with van der Waals surface area (Å²) in [6, 6.07) is 7.57. The molecule has 1 atom stereocenters. The third-order valence-corrected chi connectivity index (χ3v) is 2.94. The standard InChI is InChI=1S/C14H16ClN3O/c1-9(19)7-16-14-17-8-13(10(2)18-14)11-3-5-12(15)6-4-11/h3-6,8-9,19H,7H2,1-2H3,(H,16,17,18). The van der Waals surface area contributed by atoms with Crippen molar-refractivity contribution in [1.82, 2.24) is 9.97 Å². The fraction of sp³-hybridized carbons (Fsp3) is 0.286. The minimum Gasteiger partial charge on any atom is -0.392 e. The number of rotatable bonds is 4. The fourth-order valence-corrected chi connectivity index (χ4v) is 1.83. The third kappa shape index (κ3) is 3.66. The molecule has 1 aromatic carbocycles. The molecule has 0 spiro atoms. The van der Waals surface area contributed by atoms with Crippen LogP contribution in [-0.4, -0.2) is 27.7 Å². The van der Waals surface area contributed by atoms with Gasteiger partial charge in [0.15, 0.2) is 0 Å². The van der Waals surface area contributed by atoms with Crippen molar-refractivity contribution in [1.29, 1.82) is 0 Å². The van der Waals surface area contributed by atoms with E-state index in [1.807, 2.05) is 31.2 Å². The van der Waals surface area contributed by atoms with Crippen LogP contribution in [0.3, 0.4) is 0 Å². The van der Waals surface area contributed by atoms with Crippen LogP contribution in [0.4, 0.5) is 5.95 Å². The molecular formula is C14H16ClN3O. The topological polar surface area (TPSA) is 58.0 Å². The molecule has 100 valence electrons. The van der Waals surface area contributed by atoms with Crippen molar-refractivity contribution < 1.29 is 5.11 Å². The summed E-state index contributed by atoms with van der Waals surface area (Å²) in [4.78, 5) is 8.62. The second-order valence-electron chi connectivity index (χ2n) is 4.43. The number of anilines is 1. The van der Waals surface area contributed by atoms with Gasteiger partial charge in [0.05, 0.1) is 11.8 Å². The van der Waals surface area contributed by atoms with Crippen molar-refractivity contribution in [2.24, 2.45) is 0 Å². The molecule has 0 bridgehead atoms. The van der Waals surface area contributed by atoms with Gasteiger partial charge in [0, 0.05) is 23.3 Å². The Morgan fingerprint density at radius 3 is 2.58 bits per heavy atom. The number of hydrogen-bond acceptors (Lipinski definition) is 4. The second kappa shape index (κ2) is 5.99. The van der Waals surface area contributed by atoms with Crippen molar-refractivity contribution in [2.75, 3.05) is 11.9 Å². The number of halogens is 1. The molecule has 0 aliphatic carbocycles. The highest BCUT2D eigenvalue weighted by Gasteiger charge is 2.06. The quantitative estimate of drug-likeness (QED) is 0.902. The number of aliphatic hydroxyl groups is 1. The van der Waals surface area contributed by atoms with E-state index in [2.05, 4.69) is 15.3 Å². The van der Waals surface area contributed by atoms with Crippen molar-refractivity contribution in [2.45, 2.75) is 20.0 Å². The van der Waals surface area contributed by atoms with Gasteiger partial charge in [0.25, 0.3) is 0 Å². The molecule has 0 aliphatic heterocycles. The molecule has 2 rings (SSSR count). The Kier molecular flexibility index (Phi) is 4.35. The molecule has 19 heavy (non-hydrogen) atoms. The van der Waals surface area contributed by atoms with Crippen LogP contribution in [0.1, 0.15) is 12.6 Å². The summed E-state index contributed by atoms with van der Waals surface area (Å²) in [5.74, 6) is 0.524. The van der Waals surface area contributed by atoms with Crippen molar-refractivity contribution in [3.8, 4) is 11.1 Å². The van der Waals surface area contributed by atoms with E-state index in [4.69, 9.17) is 11.6 Å². The van der Waals surface area contributed by atoms with Gasteiger partial charge in [-0.25, -0.2) is 9.97 Å². The maximum atomic E-state index is 9.21. The van der Waals surface area contributed by atoms with E-state index in [0.717, 1.165) is 16.8 Å². The summed E-state index contributed by atoms with van der Waals surface area (Å²) in [5.41, 5.74) is 2.88. The molecule has 0 aliphatic rings. The largest absolute Gasteiger partial charge is 0.392 e. The summed E-state index contributed by atoms with van der Waals surface area (Å²) in [7, 11) is 0. The number of aliphatic hydroxyl groups excluding tert-OH is 1. The van der Waals surface area contributed by atoms with Gasteiger partial charge in [0.1, 0.15) is 0 Å². The Morgan fingerprint density at radius 1 is 1.32 bits per heavy atom. The highest BCUT2D eigenvalue weighted by molar-refractivity contribution is 6.30. The zero-order chi connectivity index (χ0) is 13.8. The molecule has 2 N–H and O–H groups in total. The summed E-state index contributed by atoms with van der Waals surface area (Å²) in [6.45, 7) is 4.07. The van der Waals surface area contributed by atoms with Gasteiger partial charge in [-0.15, -0.1) is 0 Å². The van der Waals surface area contributed by atoms with Gasteiger partial charge in [0.2, 0.25) is 5.95 Å². The molecule has 1 aromatic heterocycles. The van der Waals surface area contributed by atoms with E-state index in [0.29, 0.717) is 17.5 Å². The SMILES string of the molecule is Cc1nc(NCC(C)O)ncc1-c1ccc(Cl)cc1. The van der Waals surface area contributed by atoms with E-state index < -0.39 is 6.10 Å². The Labute approximate surface area is 117 Å². The molecule has 1 unspecified atom stereocenters.